The molecule has 0 aliphatic rings. The average molecular weight is 282 g/mol. The van der Waals surface area contributed by atoms with Crippen molar-refractivity contribution < 1.29 is 19.0 Å². The second kappa shape index (κ2) is 9.03. The van der Waals surface area contributed by atoms with Crippen LogP contribution in [0.4, 0.5) is 4.79 Å². The maximum Gasteiger partial charge on any atom is 0.314 e. The van der Waals surface area contributed by atoms with Crippen LogP contribution in [0.2, 0.25) is 0 Å². The molecule has 2 N–H and O–H groups in total. The molecule has 1 aromatic rings. The Bertz CT molecular complexity index is 424. The molecule has 0 saturated heterocycles. The first-order valence-corrected chi connectivity index (χ1v) is 6.42. The van der Waals surface area contributed by atoms with Crippen LogP contribution in [0.15, 0.2) is 18.2 Å². The SMILES string of the molecule is COCCNC(=O)NCCc1ccc(OC)cc1OC. The fraction of sp³-hybridized carbons (Fsp3) is 0.500. The first-order valence-electron chi connectivity index (χ1n) is 6.42. The van der Waals surface area contributed by atoms with E-state index in [1.165, 1.54) is 0 Å². The molecule has 1 aromatic carbocycles. The molecular formula is C14H22N2O4. The van der Waals surface area contributed by atoms with Crippen molar-refractivity contribution in [3.63, 3.8) is 0 Å². The molecule has 0 heterocycles. The standard InChI is InChI=1S/C14H22N2O4/c1-18-9-8-16-14(17)15-7-6-11-4-5-12(19-2)10-13(11)20-3/h4-5,10H,6-9H2,1-3H3,(H2,15,16,17). The number of carbonyl (C=O) groups is 1. The van der Waals surface area contributed by atoms with E-state index in [4.69, 9.17) is 14.2 Å². The molecule has 0 radical (unpaired) electrons. The summed E-state index contributed by atoms with van der Waals surface area (Å²) in [5, 5.41) is 5.47. The third-order valence-electron chi connectivity index (χ3n) is 2.77. The van der Waals surface area contributed by atoms with Gasteiger partial charge in [-0.05, 0) is 18.1 Å². The second-order valence-corrected chi connectivity index (χ2v) is 4.10. The van der Waals surface area contributed by atoms with E-state index in [2.05, 4.69) is 10.6 Å². The van der Waals surface area contributed by atoms with Crippen LogP contribution in [-0.4, -0.2) is 47.1 Å². The minimum absolute atomic E-state index is 0.200. The Balaban J connectivity index is 2.39. The summed E-state index contributed by atoms with van der Waals surface area (Å²) in [7, 11) is 4.82. The van der Waals surface area contributed by atoms with E-state index in [1.807, 2.05) is 18.2 Å². The van der Waals surface area contributed by atoms with E-state index in [1.54, 1.807) is 21.3 Å². The van der Waals surface area contributed by atoms with Gasteiger partial charge in [-0.1, -0.05) is 6.07 Å². The number of hydrogen-bond acceptors (Lipinski definition) is 4. The molecule has 2 amide bonds. The van der Waals surface area contributed by atoms with E-state index in [-0.39, 0.29) is 6.03 Å². The van der Waals surface area contributed by atoms with Gasteiger partial charge in [0.1, 0.15) is 11.5 Å². The van der Waals surface area contributed by atoms with E-state index < -0.39 is 0 Å². The topological polar surface area (TPSA) is 68.8 Å². The smallest absolute Gasteiger partial charge is 0.314 e. The van der Waals surface area contributed by atoms with Crippen molar-refractivity contribution in [2.45, 2.75) is 6.42 Å². The van der Waals surface area contributed by atoms with E-state index >= 15 is 0 Å². The molecule has 6 nitrogen and oxygen atoms in total. The average Bonchev–Trinajstić information content (AvgIpc) is 2.47. The molecule has 0 aromatic heterocycles. The Morgan fingerprint density at radius 2 is 1.85 bits per heavy atom. The van der Waals surface area contributed by atoms with E-state index in [9.17, 15) is 4.79 Å². The second-order valence-electron chi connectivity index (χ2n) is 4.10. The van der Waals surface area contributed by atoms with Gasteiger partial charge in [0.05, 0.1) is 20.8 Å². The summed E-state index contributed by atoms with van der Waals surface area (Å²) >= 11 is 0. The fourth-order valence-electron chi connectivity index (χ4n) is 1.70. The molecule has 112 valence electrons. The zero-order valence-electron chi connectivity index (χ0n) is 12.2. The minimum atomic E-state index is -0.200. The first-order chi connectivity index (χ1) is 9.71. The summed E-state index contributed by atoms with van der Waals surface area (Å²) in [5.74, 6) is 1.50. The highest BCUT2D eigenvalue weighted by Gasteiger charge is 2.06. The zero-order chi connectivity index (χ0) is 14.8. The highest BCUT2D eigenvalue weighted by molar-refractivity contribution is 5.73. The van der Waals surface area contributed by atoms with Crippen LogP contribution in [0.1, 0.15) is 5.56 Å². The fourth-order valence-corrected chi connectivity index (χ4v) is 1.70. The molecule has 1 rings (SSSR count). The number of benzene rings is 1. The number of hydrogen-bond donors (Lipinski definition) is 2. The summed E-state index contributed by atoms with van der Waals surface area (Å²) in [6.07, 6.45) is 0.685. The van der Waals surface area contributed by atoms with Gasteiger partial charge in [0.2, 0.25) is 0 Å². The normalized spacial score (nSPS) is 9.95. The van der Waals surface area contributed by atoms with Crippen LogP contribution in [0.5, 0.6) is 11.5 Å². The van der Waals surface area contributed by atoms with Gasteiger partial charge in [0.15, 0.2) is 0 Å². The third kappa shape index (κ3) is 5.36. The third-order valence-corrected chi connectivity index (χ3v) is 2.77. The van der Waals surface area contributed by atoms with Crippen molar-refractivity contribution in [3.05, 3.63) is 23.8 Å². The van der Waals surface area contributed by atoms with Crippen LogP contribution in [-0.2, 0) is 11.2 Å². The van der Waals surface area contributed by atoms with Gasteiger partial charge in [-0.3, -0.25) is 0 Å². The summed E-state index contributed by atoms with van der Waals surface area (Å²) in [6.45, 7) is 1.52. The predicted molar refractivity (Wildman–Crippen MR) is 76.5 cm³/mol. The zero-order valence-corrected chi connectivity index (χ0v) is 12.2. The van der Waals surface area contributed by atoms with Gasteiger partial charge in [0, 0.05) is 26.3 Å². The van der Waals surface area contributed by atoms with Crippen molar-refractivity contribution in [1.29, 1.82) is 0 Å². The molecule has 6 heteroatoms. The number of methoxy groups -OCH3 is 3. The maximum absolute atomic E-state index is 11.4. The van der Waals surface area contributed by atoms with Crippen LogP contribution >= 0.6 is 0 Å². The van der Waals surface area contributed by atoms with Crippen LogP contribution in [0.25, 0.3) is 0 Å². The Labute approximate surface area is 119 Å². The molecule has 0 spiro atoms. The van der Waals surface area contributed by atoms with Gasteiger partial charge >= 0.3 is 6.03 Å². The Hall–Kier alpha value is -1.95. The molecule has 0 aliphatic heterocycles. The molecule has 0 bridgehead atoms. The van der Waals surface area contributed by atoms with Crippen molar-refractivity contribution >= 4 is 6.03 Å². The van der Waals surface area contributed by atoms with Gasteiger partial charge in [0.25, 0.3) is 0 Å². The lowest BCUT2D eigenvalue weighted by Gasteiger charge is -2.11. The largest absolute Gasteiger partial charge is 0.497 e. The lowest BCUT2D eigenvalue weighted by atomic mass is 10.1. The Morgan fingerprint density at radius 3 is 2.50 bits per heavy atom. The predicted octanol–water partition coefficient (Wildman–Crippen LogP) is 1.19. The van der Waals surface area contributed by atoms with Gasteiger partial charge in [-0.15, -0.1) is 0 Å². The monoisotopic (exact) mass is 282 g/mol. The highest BCUT2D eigenvalue weighted by Crippen LogP contribution is 2.24. The highest BCUT2D eigenvalue weighted by atomic mass is 16.5. The Kier molecular flexibility index (Phi) is 7.27. The lowest BCUT2D eigenvalue weighted by Crippen LogP contribution is -2.38. The summed E-state index contributed by atoms with van der Waals surface area (Å²) in [5.41, 5.74) is 1.02. The van der Waals surface area contributed by atoms with Gasteiger partial charge in [-0.25, -0.2) is 4.79 Å². The van der Waals surface area contributed by atoms with Crippen LogP contribution < -0.4 is 20.1 Å². The van der Waals surface area contributed by atoms with Crippen molar-refractivity contribution in [2.75, 3.05) is 41.0 Å². The molecule has 0 atom stereocenters. The number of ether oxygens (including phenoxy) is 3. The van der Waals surface area contributed by atoms with Crippen molar-refractivity contribution in [2.24, 2.45) is 0 Å². The molecule has 20 heavy (non-hydrogen) atoms. The molecular weight excluding hydrogens is 260 g/mol. The molecule has 0 aliphatic carbocycles. The molecule has 0 fully saturated rings. The Morgan fingerprint density at radius 1 is 1.10 bits per heavy atom. The van der Waals surface area contributed by atoms with Crippen LogP contribution in [0, 0.1) is 0 Å². The van der Waals surface area contributed by atoms with E-state index in [0.717, 1.165) is 17.1 Å². The maximum atomic E-state index is 11.4. The molecule has 0 saturated carbocycles. The molecule has 0 unspecified atom stereocenters. The summed E-state index contributed by atoms with van der Waals surface area (Å²) < 4.78 is 15.3. The van der Waals surface area contributed by atoms with Gasteiger partial charge < -0.3 is 24.8 Å². The number of amides is 2. The van der Waals surface area contributed by atoms with Crippen LogP contribution in [0.3, 0.4) is 0 Å². The van der Waals surface area contributed by atoms with Gasteiger partial charge in [-0.2, -0.15) is 0 Å². The number of carbonyl (C=O) groups excluding carboxylic acids is 1. The first kappa shape index (κ1) is 16.1. The number of urea groups is 1. The summed E-state index contributed by atoms with van der Waals surface area (Å²) in [6, 6.07) is 5.43. The number of nitrogens with one attached hydrogen (secondary N) is 2. The quantitative estimate of drug-likeness (QED) is 0.703. The summed E-state index contributed by atoms with van der Waals surface area (Å²) in [4.78, 5) is 11.4. The van der Waals surface area contributed by atoms with E-state index in [0.29, 0.717) is 26.1 Å². The minimum Gasteiger partial charge on any atom is -0.497 e. The van der Waals surface area contributed by atoms with Crippen molar-refractivity contribution in [1.82, 2.24) is 10.6 Å². The number of rotatable bonds is 8. The lowest BCUT2D eigenvalue weighted by molar-refractivity contribution is 0.196. The van der Waals surface area contributed by atoms with Crippen molar-refractivity contribution in [3.8, 4) is 11.5 Å².